The molecule has 0 N–H and O–H groups in total. The van der Waals surface area contributed by atoms with Gasteiger partial charge in [0.05, 0.1) is 22.9 Å². The van der Waals surface area contributed by atoms with Gasteiger partial charge in [-0.15, -0.1) is 0 Å². The number of aromatic nitrogens is 1. The van der Waals surface area contributed by atoms with E-state index in [4.69, 9.17) is 17.5 Å². The topological polar surface area (TPSA) is 83.8 Å². The number of hydrogen-bond acceptors (Lipinski definition) is 6. The molecule has 8 nitrogen and oxygen atoms in total. The third-order valence-corrected chi connectivity index (χ3v) is 7.36. The Hall–Kier alpha value is -3.56. The molecule has 1 aromatic carbocycles. The molecule has 0 atom stereocenters. The zero-order valence-electron chi connectivity index (χ0n) is 21.0. The van der Waals surface area contributed by atoms with Gasteiger partial charge in [0.25, 0.3) is 11.8 Å². The predicted octanol–water partition coefficient (Wildman–Crippen LogP) is 3.53. The molecule has 0 spiro atoms. The minimum absolute atomic E-state index is 0.0168. The van der Waals surface area contributed by atoms with Crippen molar-refractivity contribution in [2.75, 3.05) is 44.2 Å². The first-order chi connectivity index (χ1) is 17.9. The lowest BCUT2D eigenvalue weighted by molar-refractivity contribution is -0.137. The highest BCUT2D eigenvalue weighted by molar-refractivity contribution is 7.80. The fourth-order valence-corrected chi connectivity index (χ4v) is 5.25. The molecule has 0 aliphatic carbocycles. The molecule has 2 fully saturated rings. The average Bonchev–Trinajstić information content (AvgIpc) is 3.07. The van der Waals surface area contributed by atoms with E-state index in [0.29, 0.717) is 44.7 Å². The number of carbonyl (C=O) groups is 2. The lowest BCUT2D eigenvalue weighted by atomic mass is 10.0. The number of halogens is 3. The molecule has 200 valence electrons. The molecule has 0 saturated carbocycles. The number of hydrogen-bond donors (Lipinski definition) is 0. The number of benzene rings is 1. The third kappa shape index (κ3) is 5.35. The Morgan fingerprint density at radius 1 is 1.11 bits per heavy atom. The van der Waals surface area contributed by atoms with Gasteiger partial charge in [0.15, 0.2) is 5.11 Å². The smallest absolute Gasteiger partial charge is 0.336 e. The van der Waals surface area contributed by atoms with Crippen molar-refractivity contribution >= 4 is 34.8 Å². The Kier molecular flexibility index (Phi) is 7.71. The zero-order chi connectivity index (χ0) is 27.7. The summed E-state index contributed by atoms with van der Waals surface area (Å²) in [5.41, 5.74) is -2.07. The Labute approximate surface area is 224 Å². The van der Waals surface area contributed by atoms with E-state index in [2.05, 4.69) is 9.88 Å². The molecule has 2 aromatic rings. The number of nitriles is 1. The number of anilines is 1. The molecule has 3 heterocycles. The normalized spacial score (nSPS) is 18.2. The van der Waals surface area contributed by atoms with Crippen LogP contribution >= 0.6 is 12.2 Å². The second-order valence-electron chi connectivity index (χ2n) is 9.70. The highest BCUT2D eigenvalue weighted by atomic mass is 32.1. The van der Waals surface area contributed by atoms with Crippen molar-refractivity contribution in [1.29, 1.82) is 5.26 Å². The molecule has 2 aliphatic rings. The lowest BCUT2D eigenvalue weighted by Crippen LogP contribution is -2.49. The molecule has 2 amide bonds. The molecule has 2 saturated heterocycles. The van der Waals surface area contributed by atoms with E-state index >= 15 is 0 Å². The van der Waals surface area contributed by atoms with Crippen LogP contribution in [0.1, 0.15) is 41.8 Å². The van der Waals surface area contributed by atoms with Crippen LogP contribution in [0, 0.1) is 11.3 Å². The van der Waals surface area contributed by atoms with Crippen molar-refractivity contribution in [2.45, 2.75) is 32.0 Å². The third-order valence-electron chi connectivity index (χ3n) is 6.95. The van der Waals surface area contributed by atoms with Crippen molar-refractivity contribution in [3.8, 4) is 6.07 Å². The van der Waals surface area contributed by atoms with Crippen molar-refractivity contribution in [3.05, 3.63) is 59.4 Å². The number of carbonyl (C=O) groups excluding carboxylic acids is 2. The minimum atomic E-state index is -4.74. The second kappa shape index (κ2) is 10.7. The molecule has 4 rings (SSSR count). The summed E-state index contributed by atoms with van der Waals surface area (Å²) in [6, 6.07) is 8.11. The molecule has 1 aromatic heterocycles. The van der Waals surface area contributed by atoms with Crippen molar-refractivity contribution < 1.29 is 22.8 Å². The van der Waals surface area contributed by atoms with Gasteiger partial charge < -0.3 is 9.80 Å². The maximum atomic E-state index is 13.5. The Bertz CT molecular complexity index is 1270. The van der Waals surface area contributed by atoms with Gasteiger partial charge in [0.1, 0.15) is 5.54 Å². The van der Waals surface area contributed by atoms with Crippen LogP contribution in [-0.4, -0.2) is 81.4 Å². The standard InChI is InChI=1S/C26H27F3N6O2S/c1-25(2)23(37)35(20-5-4-19(17-30)21(16-20)26(27,28)29)24(38)34(25)11-3-10-32-12-14-33(15-13-32)22(36)18-6-8-31-9-7-18/h4-9,16H,3,10-15H2,1-2H3. The Balaban J connectivity index is 1.37. The monoisotopic (exact) mass is 544 g/mol. The van der Waals surface area contributed by atoms with Gasteiger partial charge in [-0.25, -0.2) is 0 Å². The van der Waals surface area contributed by atoms with Gasteiger partial charge >= 0.3 is 6.18 Å². The van der Waals surface area contributed by atoms with Crippen LogP contribution < -0.4 is 4.90 Å². The first kappa shape index (κ1) is 27.5. The van der Waals surface area contributed by atoms with E-state index in [9.17, 15) is 22.8 Å². The van der Waals surface area contributed by atoms with E-state index in [1.165, 1.54) is 6.07 Å². The van der Waals surface area contributed by atoms with Crippen molar-refractivity contribution in [1.82, 2.24) is 19.7 Å². The molecular formula is C26H27F3N6O2S. The first-order valence-electron chi connectivity index (χ1n) is 12.1. The summed E-state index contributed by atoms with van der Waals surface area (Å²) < 4.78 is 40.5. The molecule has 12 heteroatoms. The lowest BCUT2D eigenvalue weighted by Gasteiger charge is -2.35. The summed E-state index contributed by atoms with van der Waals surface area (Å²) in [4.78, 5) is 36.7. The number of piperazine rings is 1. The van der Waals surface area contributed by atoms with Gasteiger partial charge in [-0.1, -0.05) is 0 Å². The van der Waals surface area contributed by atoms with Crippen molar-refractivity contribution in [3.63, 3.8) is 0 Å². The Morgan fingerprint density at radius 2 is 1.76 bits per heavy atom. The average molecular weight is 545 g/mol. The molecule has 0 radical (unpaired) electrons. The summed E-state index contributed by atoms with van der Waals surface area (Å²) in [6.45, 7) is 7.16. The van der Waals surface area contributed by atoms with Crippen LogP contribution in [-0.2, 0) is 11.0 Å². The van der Waals surface area contributed by atoms with E-state index in [1.807, 2.05) is 4.90 Å². The number of pyridine rings is 1. The summed E-state index contributed by atoms with van der Waals surface area (Å²) >= 11 is 5.55. The SMILES string of the molecule is CC1(C)C(=O)N(c2ccc(C#N)c(C(F)(F)F)c2)C(=S)N1CCCN1CCN(C(=O)c2ccncc2)CC1. The van der Waals surface area contributed by atoms with E-state index in [1.54, 1.807) is 49.3 Å². The van der Waals surface area contributed by atoms with Crippen LogP contribution in [0.25, 0.3) is 0 Å². The van der Waals surface area contributed by atoms with Crippen molar-refractivity contribution in [2.24, 2.45) is 0 Å². The van der Waals surface area contributed by atoms with Crippen LogP contribution in [0.2, 0.25) is 0 Å². The predicted molar refractivity (Wildman–Crippen MR) is 138 cm³/mol. The van der Waals surface area contributed by atoms with Gasteiger partial charge in [-0.3, -0.25) is 24.4 Å². The molecule has 2 aliphatic heterocycles. The van der Waals surface area contributed by atoms with E-state index < -0.39 is 28.7 Å². The van der Waals surface area contributed by atoms with Gasteiger partial charge in [0.2, 0.25) is 0 Å². The summed E-state index contributed by atoms with van der Waals surface area (Å²) in [5.74, 6) is -0.449. The molecule has 38 heavy (non-hydrogen) atoms. The number of alkyl halides is 3. The summed E-state index contributed by atoms with van der Waals surface area (Å²) in [7, 11) is 0. The van der Waals surface area contributed by atoms with E-state index in [-0.39, 0.29) is 16.7 Å². The summed E-state index contributed by atoms with van der Waals surface area (Å²) in [6.07, 6.45) is -0.885. The number of amides is 2. The number of nitrogens with zero attached hydrogens (tertiary/aromatic N) is 6. The quantitative estimate of drug-likeness (QED) is 0.515. The Morgan fingerprint density at radius 3 is 2.37 bits per heavy atom. The zero-order valence-corrected chi connectivity index (χ0v) is 21.8. The maximum Gasteiger partial charge on any atom is 0.417 e. The van der Waals surface area contributed by atoms with Crippen LogP contribution in [0.15, 0.2) is 42.7 Å². The van der Waals surface area contributed by atoms with Gasteiger partial charge in [0, 0.05) is 50.7 Å². The van der Waals surface area contributed by atoms with Gasteiger partial charge in [-0.2, -0.15) is 18.4 Å². The number of thiocarbonyl (C=S) groups is 1. The molecular weight excluding hydrogens is 517 g/mol. The largest absolute Gasteiger partial charge is 0.417 e. The minimum Gasteiger partial charge on any atom is -0.336 e. The molecule has 0 bridgehead atoms. The van der Waals surface area contributed by atoms with Crippen LogP contribution in [0.5, 0.6) is 0 Å². The van der Waals surface area contributed by atoms with Crippen LogP contribution in [0.3, 0.4) is 0 Å². The van der Waals surface area contributed by atoms with E-state index in [0.717, 1.165) is 23.6 Å². The number of rotatable bonds is 6. The molecule has 0 unspecified atom stereocenters. The van der Waals surface area contributed by atoms with Gasteiger partial charge in [-0.05, 0) is 69.4 Å². The highest BCUT2D eigenvalue weighted by Crippen LogP contribution is 2.37. The maximum absolute atomic E-state index is 13.5. The first-order valence-corrected chi connectivity index (χ1v) is 12.5. The fourth-order valence-electron chi connectivity index (χ4n) is 4.75. The fraction of sp³-hybridized carbons (Fsp3) is 0.423. The van der Waals surface area contributed by atoms with Crippen LogP contribution in [0.4, 0.5) is 18.9 Å². The summed E-state index contributed by atoms with van der Waals surface area (Å²) in [5, 5.41) is 9.21. The highest BCUT2D eigenvalue weighted by Gasteiger charge is 2.49. The second-order valence-corrected chi connectivity index (χ2v) is 10.1.